The molecule has 0 radical (unpaired) electrons. The Bertz CT molecular complexity index is 1160. The highest BCUT2D eigenvalue weighted by molar-refractivity contribution is 6.30. The predicted molar refractivity (Wildman–Crippen MR) is 108 cm³/mol. The van der Waals surface area contributed by atoms with Gasteiger partial charge in [-0.25, -0.2) is 4.98 Å². The molecule has 2 aromatic carbocycles. The number of nitrogens with zero attached hydrogens (tertiary/aromatic N) is 2. The van der Waals surface area contributed by atoms with Gasteiger partial charge in [-0.1, -0.05) is 29.8 Å². The number of fused-ring (bicyclic) bond motifs is 2. The van der Waals surface area contributed by atoms with Crippen LogP contribution in [0, 0.1) is 0 Å². The van der Waals surface area contributed by atoms with Crippen LogP contribution in [0.25, 0.3) is 22.2 Å². The van der Waals surface area contributed by atoms with E-state index in [1.54, 1.807) is 18.3 Å². The van der Waals surface area contributed by atoms with Gasteiger partial charge in [-0.05, 0) is 30.3 Å². The fourth-order valence-electron chi connectivity index (χ4n) is 3.64. The quantitative estimate of drug-likeness (QED) is 0.486. The van der Waals surface area contributed by atoms with Crippen molar-refractivity contribution >= 4 is 22.6 Å². The van der Waals surface area contributed by atoms with Gasteiger partial charge in [0.2, 0.25) is 0 Å². The van der Waals surface area contributed by atoms with Crippen LogP contribution >= 0.6 is 11.6 Å². The van der Waals surface area contributed by atoms with Crippen molar-refractivity contribution in [3.05, 3.63) is 71.0 Å². The van der Waals surface area contributed by atoms with E-state index in [0.29, 0.717) is 35.3 Å². The summed E-state index contributed by atoms with van der Waals surface area (Å²) in [6.45, 7) is 1.07. The number of ether oxygens (including phenoxy) is 1. The average Bonchev–Trinajstić information content (AvgIpc) is 3.17. The molecule has 1 unspecified atom stereocenters. The molecule has 4 aromatic rings. The number of aromatic nitrogens is 3. The number of rotatable bonds is 3. The van der Waals surface area contributed by atoms with Gasteiger partial charge in [0.25, 0.3) is 0 Å². The lowest BCUT2D eigenvalue weighted by Crippen LogP contribution is -2.29. The Balaban J connectivity index is 1.72. The molecule has 0 saturated carbocycles. The van der Waals surface area contributed by atoms with Crippen LogP contribution in [0.3, 0.4) is 0 Å². The van der Waals surface area contributed by atoms with Crippen LogP contribution in [-0.4, -0.2) is 26.8 Å². The highest BCUT2D eigenvalue weighted by Gasteiger charge is 2.27. The van der Waals surface area contributed by atoms with Crippen molar-refractivity contribution in [2.75, 3.05) is 6.54 Å². The fraction of sp³-hybridized carbons (Fsp3) is 0.143. The lowest BCUT2D eigenvalue weighted by Gasteiger charge is -2.25. The van der Waals surface area contributed by atoms with E-state index in [1.165, 1.54) is 0 Å². The molecule has 1 aliphatic rings. The molecule has 140 valence electrons. The Labute approximate surface area is 166 Å². The number of hydrogen-bond donors (Lipinski definition) is 3. The normalized spacial score (nSPS) is 16.1. The van der Waals surface area contributed by atoms with Crippen molar-refractivity contribution in [1.82, 2.24) is 20.5 Å². The van der Waals surface area contributed by atoms with Crippen LogP contribution in [0.15, 0.2) is 54.7 Å². The summed E-state index contributed by atoms with van der Waals surface area (Å²) in [7, 11) is 0. The zero-order valence-electron chi connectivity index (χ0n) is 14.8. The topological polar surface area (TPSA) is 83.1 Å². The van der Waals surface area contributed by atoms with E-state index >= 15 is 0 Å². The van der Waals surface area contributed by atoms with Crippen molar-refractivity contribution in [2.45, 2.75) is 12.6 Å². The average molecular weight is 393 g/mol. The minimum Gasteiger partial charge on any atom is -0.457 e. The molecule has 0 saturated heterocycles. The van der Waals surface area contributed by atoms with Crippen molar-refractivity contribution < 1.29 is 9.84 Å². The molecular formula is C21H17ClN4O2. The van der Waals surface area contributed by atoms with Gasteiger partial charge in [0.15, 0.2) is 5.65 Å². The smallest absolute Gasteiger partial charge is 0.156 e. The Kier molecular flexibility index (Phi) is 4.24. The molecule has 7 heteroatoms. The molecule has 6 nitrogen and oxygen atoms in total. The summed E-state index contributed by atoms with van der Waals surface area (Å²) in [5.74, 6) is 1.37. The predicted octanol–water partition coefficient (Wildman–Crippen LogP) is 4.21. The van der Waals surface area contributed by atoms with Gasteiger partial charge in [0.1, 0.15) is 11.5 Å². The molecule has 0 amide bonds. The Hall–Kier alpha value is -2.93. The number of H-pyrrole nitrogens is 1. The lowest BCUT2D eigenvalue weighted by atomic mass is 9.90. The number of aliphatic hydroxyl groups excluding tert-OH is 1. The third-order valence-electron chi connectivity index (χ3n) is 4.88. The first-order valence-electron chi connectivity index (χ1n) is 8.98. The van der Waals surface area contributed by atoms with E-state index in [9.17, 15) is 5.11 Å². The summed E-state index contributed by atoms with van der Waals surface area (Å²) in [6, 6.07) is 15.0. The van der Waals surface area contributed by atoms with Gasteiger partial charge in [-0.3, -0.25) is 5.10 Å². The highest BCUT2D eigenvalue weighted by Crippen LogP contribution is 2.42. The molecule has 0 bridgehead atoms. The zero-order chi connectivity index (χ0) is 19.1. The van der Waals surface area contributed by atoms with Gasteiger partial charge in [-0.2, -0.15) is 5.10 Å². The number of benzene rings is 2. The highest BCUT2D eigenvalue weighted by atomic mass is 35.5. The summed E-state index contributed by atoms with van der Waals surface area (Å²) >= 11 is 5.98. The maximum Gasteiger partial charge on any atom is 0.156 e. The number of nitrogens with one attached hydrogen (secondary N) is 2. The summed E-state index contributed by atoms with van der Waals surface area (Å²) in [4.78, 5) is 4.64. The van der Waals surface area contributed by atoms with Gasteiger partial charge in [-0.15, -0.1) is 0 Å². The second kappa shape index (κ2) is 6.91. The van der Waals surface area contributed by atoms with Gasteiger partial charge >= 0.3 is 0 Å². The first kappa shape index (κ1) is 17.2. The Morgan fingerprint density at radius 3 is 2.79 bits per heavy atom. The maximum absolute atomic E-state index is 10.7. The first-order chi connectivity index (χ1) is 13.7. The number of aliphatic hydroxyl groups is 1. The van der Waals surface area contributed by atoms with Gasteiger partial charge in [0.05, 0.1) is 18.0 Å². The van der Waals surface area contributed by atoms with E-state index in [0.717, 1.165) is 27.8 Å². The molecule has 5 rings (SSSR count). The summed E-state index contributed by atoms with van der Waals surface area (Å²) < 4.78 is 6.16. The molecule has 3 N–H and O–H groups in total. The molecule has 1 aliphatic heterocycles. The minimum atomic E-state index is -0.658. The summed E-state index contributed by atoms with van der Waals surface area (Å²) in [6.07, 6.45) is 1.08. The molecule has 28 heavy (non-hydrogen) atoms. The maximum atomic E-state index is 10.7. The molecular weight excluding hydrogens is 376 g/mol. The standard InChI is InChI=1S/C21H17ClN4O2/c22-12-5-7-13(8-6-12)28-18-4-2-1-3-14(18)19-15-9-24-26-21(15)25-16-10-23-11-17(27)20(16)19/h1-9,17,23,27H,10-11H2,(H,24,25,26). The van der Waals surface area contributed by atoms with Gasteiger partial charge in [0, 0.05) is 40.2 Å². The molecule has 2 aromatic heterocycles. The molecule has 0 fully saturated rings. The van der Waals surface area contributed by atoms with Crippen molar-refractivity contribution in [3.8, 4) is 22.6 Å². The van der Waals surface area contributed by atoms with Crippen LogP contribution in [0.4, 0.5) is 0 Å². The third-order valence-corrected chi connectivity index (χ3v) is 5.13. The van der Waals surface area contributed by atoms with E-state index in [-0.39, 0.29) is 0 Å². The monoisotopic (exact) mass is 392 g/mol. The number of hydrogen-bond acceptors (Lipinski definition) is 5. The first-order valence-corrected chi connectivity index (χ1v) is 9.36. The minimum absolute atomic E-state index is 0.477. The SMILES string of the molecule is OC1CNCc2nc3[nH]ncc3c(-c3ccccc3Oc3ccc(Cl)cc3)c21. The van der Waals surface area contributed by atoms with Crippen molar-refractivity contribution in [3.63, 3.8) is 0 Å². The van der Waals surface area contributed by atoms with Crippen molar-refractivity contribution in [1.29, 1.82) is 0 Å². The molecule has 0 spiro atoms. The van der Waals surface area contributed by atoms with Crippen LogP contribution in [0.5, 0.6) is 11.5 Å². The van der Waals surface area contributed by atoms with E-state index in [2.05, 4.69) is 20.5 Å². The largest absolute Gasteiger partial charge is 0.457 e. The van der Waals surface area contributed by atoms with Crippen molar-refractivity contribution in [2.24, 2.45) is 0 Å². The molecule has 1 atom stereocenters. The van der Waals surface area contributed by atoms with Crippen LogP contribution < -0.4 is 10.1 Å². The number of β-amino-alcohol motifs (C(OH)–C–C–N with tert-alkyl or cyclic N) is 1. The van der Waals surface area contributed by atoms with Crippen LogP contribution in [-0.2, 0) is 6.54 Å². The second-order valence-corrected chi connectivity index (χ2v) is 7.11. The molecule has 3 heterocycles. The van der Waals surface area contributed by atoms with E-state index in [4.69, 9.17) is 16.3 Å². The number of halogens is 1. The summed E-state index contributed by atoms with van der Waals surface area (Å²) in [5, 5.41) is 22.5. The summed E-state index contributed by atoms with van der Waals surface area (Å²) in [5.41, 5.74) is 4.09. The second-order valence-electron chi connectivity index (χ2n) is 6.68. The Morgan fingerprint density at radius 2 is 1.93 bits per heavy atom. The number of pyridine rings is 1. The Morgan fingerprint density at radius 1 is 1.11 bits per heavy atom. The zero-order valence-corrected chi connectivity index (χ0v) is 15.6. The fourth-order valence-corrected chi connectivity index (χ4v) is 3.76. The third kappa shape index (κ3) is 2.92. The lowest BCUT2D eigenvalue weighted by molar-refractivity contribution is 0.165. The van der Waals surface area contributed by atoms with Crippen LogP contribution in [0.1, 0.15) is 17.4 Å². The van der Waals surface area contributed by atoms with E-state index < -0.39 is 6.10 Å². The van der Waals surface area contributed by atoms with Gasteiger partial charge < -0.3 is 15.2 Å². The number of para-hydroxylation sites is 1. The van der Waals surface area contributed by atoms with Crippen LogP contribution in [0.2, 0.25) is 5.02 Å². The number of aromatic amines is 1. The molecule has 0 aliphatic carbocycles. The van der Waals surface area contributed by atoms with E-state index in [1.807, 2.05) is 36.4 Å².